The maximum absolute atomic E-state index is 6.36. The van der Waals surface area contributed by atoms with E-state index in [4.69, 9.17) is 28.9 Å². The van der Waals surface area contributed by atoms with Crippen LogP contribution >= 0.6 is 23.2 Å². The lowest BCUT2D eigenvalue weighted by atomic mass is 9.49. The van der Waals surface area contributed by atoms with Gasteiger partial charge in [0.25, 0.3) is 0 Å². The maximum Gasteiger partial charge on any atom is 0.0458 e. The van der Waals surface area contributed by atoms with Crippen LogP contribution in [-0.2, 0) is 5.41 Å². The molecule has 2 saturated carbocycles. The molecule has 1 nitrogen and oxygen atoms in total. The SMILES string of the molecule is NCC1(c2ccc(Cl)cc2Cl)CC2(CCCC2)C1. The summed E-state index contributed by atoms with van der Waals surface area (Å²) in [5.41, 5.74) is 7.94. The molecule has 2 fully saturated rings. The van der Waals surface area contributed by atoms with Crippen LogP contribution in [0.1, 0.15) is 44.1 Å². The van der Waals surface area contributed by atoms with E-state index in [0.717, 1.165) is 5.02 Å². The van der Waals surface area contributed by atoms with Crippen LogP contribution in [0.2, 0.25) is 10.0 Å². The number of hydrogen-bond acceptors (Lipinski definition) is 1. The van der Waals surface area contributed by atoms with Gasteiger partial charge >= 0.3 is 0 Å². The number of benzene rings is 1. The van der Waals surface area contributed by atoms with Gasteiger partial charge in [-0.1, -0.05) is 42.1 Å². The lowest BCUT2D eigenvalue weighted by Gasteiger charge is -2.55. The van der Waals surface area contributed by atoms with Crippen LogP contribution in [0.3, 0.4) is 0 Å². The second kappa shape index (κ2) is 4.40. The Morgan fingerprint density at radius 1 is 1.11 bits per heavy atom. The highest BCUT2D eigenvalue weighted by molar-refractivity contribution is 6.35. The second-order valence-electron chi connectivity index (χ2n) is 6.17. The van der Waals surface area contributed by atoms with Crippen LogP contribution in [0.15, 0.2) is 18.2 Å². The Morgan fingerprint density at radius 3 is 2.33 bits per heavy atom. The first-order valence-corrected chi connectivity index (χ1v) is 7.51. The molecule has 2 aliphatic carbocycles. The largest absolute Gasteiger partial charge is 0.330 e. The van der Waals surface area contributed by atoms with E-state index in [1.807, 2.05) is 12.1 Å². The van der Waals surface area contributed by atoms with Crippen LogP contribution < -0.4 is 5.73 Å². The lowest BCUT2D eigenvalue weighted by molar-refractivity contribution is 0.0330. The molecule has 0 heterocycles. The van der Waals surface area contributed by atoms with Gasteiger partial charge < -0.3 is 5.73 Å². The van der Waals surface area contributed by atoms with Crippen molar-refractivity contribution in [3.05, 3.63) is 33.8 Å². The van der Waals surface area contributed by atoms with E-state index in [1.54, 1.807) is 0 Å². The summed E-state index contributed by atoms with van der Waals surface area (Å²) in [7, 11) is 0. The average molecular weight is 284 g/mol. The van der Waals surface area contributed by atoms with E-state index in [9.17, 15) is 0 Å². The summed E-state index contributed by atoms with van der Waals surface area (Å²) in [5, 5.41) is 1.48. The molecule has 0 bridgehead atoms. The van der Waals surface area contributed by atoms with Gasteiger partial charge in [-0.2, -0.15) is 0 Å². The molecule has 3 rings (SSSR count). The van der Waals surface area contributed by atoms with Crippen LogP contribution in [0.4, 0.5) is 0 Å². The molecule has 2 N–H and O–H groups in total. The molecular weight excluding hydrogens is 265 g/mol. The number of halogens is 2. The van der Waals surface area contributed by atoms with Crippen LogP contribution in [0, 0.1) is 5.41 Å². The fourth-order valence-corrected chi connectivity index (χ4v) is 4.84. The molecule has 2 aliphatic rings. The Hall–Kier alpha value is -0.240. The first kappa shape index (κ1) is 12.8. The summed E-state index contributed by atoms with van der Waals surface area (Å²) < 4.78 is 0. The zero-order valence-corrected chi connectivity index (χ0v) is 12.0. The van der Waals surface area contributed by atoms with E-state index in [2.05, 4.69) is 6.07 Å². The molecule has 98 valence electrons. The summed E-state index contributed by atoms with van der Waals surface area (Å²) in [4.78, 5) is 0. The topological polar surface area (TPSA) is 26.0 Å². The Labute approximate surface area is 119 Å². The minimum absolute atomic E-state index is 0.103. The minimum atomic E-state index is 0.103. The van der Waals surface area contributed by atoms with Gasteiger partial charge in [-0.05, 0) is 48.8 Å². The van der Waals surface area contributed by atoms with Gasteiger partial charge in [-0.3, -0.25) is 0 Å². The number of hydrogen-bond donors (Lipinski definition) is 1. The van der Waals surface area contributed by atoms with Crippen molar-refractivity contribution in [2.75, 3.05) is 6.54 Å². The first-order chi connectivity index (χ1) is 8.59. The third kappa shape index (κ3) is 1.88. The molecule has 1 spiro atoms. The summed E-state index contributed by atoms with van der Waals surface area (Å²) >= 11 is 12.3. The molecule has 0 saturated heterocycles. The van der Waals surface area contributed by atoms with Crippen molar-refractivity contribution in [3.63, 3.8) is 0 Å². The highest BCUT2D eigenvalue weighted by Crippen LogP contribution is 2.63. The molecule has 1 aromatic carbocycles. The summed E-state index contributed by atoms with van der Waals surface area (Å²) in [5.74, 6) is 0. The zero-order chi connectivity index (χ0) is 12.8. The maximum atomic E-state index is 6.36. The fourth-order valence-electron chi connectivity index (χ4n) is 4.23. The molecule has 3 heteroatoms. The van der Waals surface area contributed by atoms with Crippen LogP contribution in [-0.4, -0.2) is 6.54 Å². The lowest BCUT2D eigenvalue weighted by Crippen LogP contribution is -2.52. The third-order valence-electron chi connectivity index (χ3n) is 4.98. The Kier molecular flexibility index (Phi) is 3.12. The fraction of sp³-hybridized carbons (Fsp3) is 0.600. The van der Waals surface area contributed by atoms with E-state index in [-0.39, 0.29) is 5.41 Å². The van der Waals surface area contributed by atoms with Crippen LogP contribution in [0.25, 0.3) is 0 Å². The van der Waals surface area contributed by atoms with Gasteiger partial charge in [-0.25, -0.2) is 0 Å². The molecule has 0 unspecified atom stereocenters. The smallest absolute Gasteiger partial charge is 0.0458 e. The van der Waals surface area contributed by atoms with Gasteiger partial charge in [-0.15, -0.1) is 0 Å². The number of nitrogens with two attached hydrogens (primary N) is 1. The van der Waals surface area contributed by atoms with E-state index >= 15 is 0 Å². The molecule has 0 amide bonds. The van der Waals surface area contributed by atoms with Crippen molar-refractivity contribution in [3.8, 4) is 0 Å². The molecule has 0 aliphatic heterocycles. The van der Waals surface area contributed by atoms with E-state index in [1.165, 1.54) is 44.1 Å². The van der Waals surface area contributed by atoms with Crippen molar-refractivity contribution in [2.24, 2.45) is 11.1 Å². The van der Waals surface area contributed by atoms with Crippen molar-refractivity contribution < 1.29 is 0 Å². The Balaban J connectivity index is 1.89. The Bertz CT molecular complexity index is 456. The van der Waals surface area contributed by atoms with Gasteiger partial charge in [0.1, 0.15) is 0 Å². The van der Waals surface area contributed by atoms with Crippen LogP contribution in [0.5, 0.6) is 0 Å². The summed E-state index contributed by atoms with van der Waals surface area (Å²) in [6.45, 7) is 0.691. The monoisotopic (exact) mass is 283 g/mol. The quantitative estimate of drug-likeness (QED) is 0.847. The zero-order valence-electron chi connectivity index (χ0n) is 10.5. The molecular formula is C15H19Cl2N. The van der Waals surface area contributed by atoms with Gasteiger partial charge in [0.15, 0.2) is 0 Å². The van der Waals surface area contributed by atoms with Crippen molar-refractivity contribution in [1.82, 2.24) is 0 Å². The molecule has 18 heavy (non-hydrogen) atoms. The third-order valence-corrected chi connectivity index (χ3v) is 5.53. The normalized spacial score (nSPS) is 24.2. The summed E-state index contributed by atoms with van der Waals surface area (Å²) in [6, 6.07) is 5.84. The standard InChI is InChI=1S/C15H19Cl2N/c16-11-3-4-12(13(17)7-11)15(10-18)8-14(9-15)5-1-2-6-14/h3-4,7H,1-2,5-6,8-10,18H2. The molecule has 0 radical (unpaired) electrons. The average Bonchev–Trinajstić information content (AvgIpc) is 2.76. The van der Waals surface area contributed by atoms with E-state index < -0.39 is 0 Å². The molecule has 1 aromatic rings. The highest BCUT2D eigenvalue weighted by atomic mass is 35.5. The predicted octanol–water partition coefficient (Wildman–Crippen LogP) is 4.54. The number of rotatable bonds is 2. The summed E-state index contributed by atoms with van der Waals surface area (Å²) in [6.07, 6.45) is 7.93. The van der Waals surface area contributed by atoms with Gasteiger partial charge in [0, 0.05) is 22.0 Å². The van der Waals surface area contributed by atoms with E-state index in [0.29, 0.717) is 17.0 Å². The van der Waals surface area contributed by atoms with Crippen molar-refractivity contribution in [1.29, 1.82) is 0 Å². The second-order valence-corrected chi connectivity index (χ2v) is 7.01. The van der Waals surface area contributed by atoms with Gasteiger partial charge in [0.2, 0.25) is 0 Å². The van der Waals surface area contributed by atoms with Gasteiger partial charge in [0.05, 0.1) is 0 Å². The van der Waals surface area contributed by atoms with Crippen molar-refractivity contribution >= 4 is 23.2 Å². The first-order valence-electron chi connectivity index (χ1n) is 6.75. The Morgan fingerprint density at radius 2 is 1.78 bits per heavy atom. The minimum Gasteiger partial charge on any atom is -0.330 e. The molecule has 0 atom stereocenters. The highest BCUT2D eigenvalue weighted by Gasteiger charge is 2.55. The van der Waals surface area contributed by atoms with Crippen molar-refractivity contribution in [2.45, 2.75) is 43.9 Å². The predicted molar refractivity (Wildman–Crippen MR) is 77.3 cm³/mol. The molecule has 0 aromatic heterocycles.